The summed E-state index contributed by atoms with van der Waals surface area (Å²) in [6.45, 7) is 6.05. The van der Waals surface area contributed by atoms with Crippen molar-refractivity contribution in [2.45, 2.75) is 65.0 Å². The fraction of sp³-hybridized carbons (Fsp3) is 0.571. The van der Waals surface area contributed by atoms with Crippen molar-refractivity contribution in [2.24, 2.45) is 11.8 Å². The van der Waals surface area contributed by atoms with Gasteiger partial charge in [0.2, 0.25) is 5.91 Å². The first-order valence-electron chi connectivity index (χ1n) is 13.1. The monoisotopic (exact) mass is 528 g/mol. The standard InChI is InChI=1S/C28H40N4O6/c1-17(2)12-19(14-25(33)29-16-26(34)38-6)30-28(35)21-15-22(32(31-21)20-11-10-18(3)13-20)27-23(36-4)8-7-9-24(27)37-5/h7-9,15,17-20H,10-14,16H2,1-6H3,(H,29,33)(H,30,35)/t18?,19-,20?/m0/s1. The van der Waals surface area contributed by atoms with Crippen molar-refractivity contribution < 1.29 is 28.6 Å². The second-order valence-corrected chi connectivity index (χ2v) is 10.3. The van der Waals surface area contributed by atoms with E-state index in [1.54, 1.807) is 20.3 Å². The molecule has 0 aliphatic heterocycles. The molecule has 1 aromatic carbocycles. The number of nitrogens with zero attached hydrogens (tertiary/aromatic N) is 2. The molecular weight excluding hydrogens is 488 g/mol. The Bertz CT molecular complexity index is 1110. The minimum absolute atomic E-state index is 0.0367. The largest absolute Gasteiger partial charge is 0.496 e. The van der Waals surface area contributed by atoms with Gasteiger partial charge in [0.05, 0.1) is 38.6 Å². The summed E-state index contributed by atoms with van der Waals surface area (Å²) in [6.07, 6.45) is 3.64. The number of hydrogen-bond donors (Lipinski definition) is 2. The van der Waals surface area contributed by atoms with Gasteiger partial charge in [0, 0.05) is 12.5 Å². The summed E-state index contributed by atoms with van der Waals surface area (Å²) in [5, 5.41) is 10.3. The zero-order valence-corrected chi connectivity index (χ0v) is 23.2. The number of rotatable bonds is 12. The van der Waals surface area contributed by atoms with Gasteiger partial charge < -0.3 is 24.8 Å². The van der Waals surface area contributed by atoms with E-state index in [2.05, 4.69) is 22.3 Å². The Morgan fingerprint density at radius 1 is 1.11 bits per heavy atom. The number of ether oxygens (including phenoxy) is 3. The van der Waals surface area contributed by atoms with Crippen LogP contribution >= 0.6 is 0 Å². The van der Waals surface area contributed by atoms with Crippen LogP contribution in [0.1, 0.15) is 69.4 Å². The Morgan fingerprint density at radius 3 is 2.34 bits per heavy atom. The number of esters is 1. The number of benzene rings is 1. The van der Waals surface area contributed by atoms with Crippen LogP contribution in [0.25, 0.3) is 11.3 Å². The van der Waals surface area contributed by atoms with E-state index in [0.29, 0.717) is 23.8 Å². The molecule has 2 N–H and O–H groups in total. The van der Waals surface area contributed by atoms with E-state index in [0.717, 1.165) is 30.5 Å². The third-order valence-electron chi connectivity index (χ3n) is 6.85. The van der Waals surface area contributed by atoms with Crippen molar-refractivity contribution in [3.8, 4) is 22.8 Å². The molecule has 10 nitrogen and oxygen atoms in total. The fourth-order valence-corrected chi connectivity index (χ4v) is 5.03. The van der Waals surface area contributed by atoms with Crippen molar-refractivity contribution in [1.29, 1.82) is 0 Å². The Labute approximate surface area is 224 Å². The molecule has 3 atom stereocenters. The molecule has 1 aliphatic rings. The lowest BCUT2D eigenvalue weighted by molar-refractivity contribution is -0.141. The smallest absolute Gasteiger partial charge is 0.325 e. The van der Waals surface area contributed by atoms with Gasteiger partial charge in [-0.2, -0.15) is 5.10 Å². The van der Waals surface area contributed by atoms with Crippen LogP contribution in [0.4, 0.5) is 0 Å². The number of carbonyl (C=O) groups excluding carboxylic acids is 3. The van der Waals surface area contributed by atoms with E-state index in [1.165, 1.54) is 7.11 Å². The minimum Gasteiger partial charge on any atom is -0.496 e. The lowest BCUT2D eigenvalue weighted by atomic mass is 10.0. The quantitative estimate of drug-likeness (QED) is 0.403. The highest BCUT2D eigenvalue weighted by Crippen LogP contribution is 2.42. The summed E-state index contributed by atoms with van der Waals surface area (Å²) in [5.41, 5.74) is 1.75. The molecule has 1 heterocycles. The van der Waals surface area contributed by atoms with Crippen LogP contribution < -0.4 is 20.1 Å². The van der Waals surface area contributed by atoms with Crippen molar-refractivity contribution in [1.82, 2.24) is 20.4 Å². The number of amides is 2. The first-order chi connectivity index (χ1) is 18.2. The van der Waals surface area contributed by atoms with E-state index in [1.807, 2.05) is 36.7 Å². The molecule has 0 radical (unpaired) electrons. The van der Waals surface area contributed by atoms with Gasteiger partial charge in [0.1, 0.15) is 18.0 Å². The Morgan fingerprint density at radius 2 is 1.79 bits per heavy atom. The van der Waals surface area contributed by atoms with Crippen LogP contribution in [0.15, 0.2) is 24.3 Å². The lowest BCUT2D eigenvalue weighted by Gasteiger charge is -2.20. The van der Waals surface area contributed by atoms with Gasteiger partial charge in [-0.3, -0.25) is 19.1 Å². The molecule has 1 aliphatic carbocycles. The lowest BCUT2D eigenvalue weighted by Crippen LogP contribution is -2.41. The van der Waals surface area contributed by atoms with E-state index in [9.17, 15) is 14.4 Å². The number of methoxy groups -OCH3 is 3. The van der Waals surface area contributed by atoms with Crippen LogP contribution in [0, 0.1) is 11.8 Å². The van der Waals surface area contributed by atoms with Gasteiger partial charge in [-0.15, -0.1) is 0 Å². The fourth-order valence-electron chi connectivity index (χ4n) is 5.03. The summed E-state index contributed by atoms with van der Waals surface area (Å²) in [4.78, 5) is 37.3. The first kappa shape index (κ1) is 29.0. The molecule has 2 aromatic rings. The van der Waals surface area contributed by atoms with Gasteiger partial charge in [0.25, 0.3) is 5.91 Å². The molecule has 0 saturated heterocycles. The first-order valence-corrected chi connectivity index (χ1v) is 13.1. The molecule has 2 unspecified atom stereocenters. The Hall–Kier alpha value is -3.56. The van der Waals surface area contributed by atoms with Gasteiger partial charge in [-0.1, -0.05) is 26.8 Å². The predicted molar refractivity (Wildman–Crippen MR) is 143 cm³/mol. The average Bonchev–Trinajstić information content (AvgIpc) is 3.52. The van der Waals surface area contributed by atoms with E-state index >= 15 is 0 Å². The summed E-state index contributed by atoms with van der Waals surface area (Å²) >= 11 is 0. The topological polar surface area (TPSA) is 121 Å². The molecule has 10 heteroatoms. The minimum atomic E-state index is -0.533. The van der Waals surface area contributed by atoms with Crippen molar-refractivity contribution in [2.75, 3.05) is 27.9 Å². The summed E-state index contributed by atoms with van der Waals surface area (Å²) in [5.74, 6) is 0.816. The SMILES string of the molecule is COC(=O)CNC(=O)C[C@H](CC(C)C)NC(=O)c1cc(-c2c(OC)cccc2OC)n(C2CCC(C)C2)n1. The van der Waals surface area contributed by atoms with Crippen molar-refractivity contribution in [3.05, 3.63) is 30.0 Å². The third-order valence-corrected chi connectivity index (χ3v) is 6.85. The summed E-state index contributed by atoms with van der Waals surface area (Å²) in [6, 6.07) is 7.06. The molecule has 3 rings (SSSR count). The van der Waals surface area contributed by atoms with Crippen LogP contribution in [0.5, 0.6) is 11.5 Å². The normalized spacial score (nSPS) is 17.7. The second kappa shape index (κ2) is 13.3. The third kappa shape index (κ3) is 7.26. The van der Waals surface area contributed by atoms with Crippen molar-refractivity contribution >= 4 is 17.8 Å². The Kier molecular flexibility index (Phi) is 10.2. The van der Waals surface area contributed by atoms with Gasteiger partial charge in [0.15, 0.2) is 5.69 Å². The number of aromatic nitrogens is 2. The predicted octanol–water partition coefficient (Wildman–Crippen LogP) is 3.75. The summed E-state index contributed by atoms with van der Waals surface area (Å²) in [7, 11) is 4.47. The zero-order chi connectivity index (χ0) is 27.8. The van der Waals surface area contributed by atoms with Gasteiger partial charge >= 0.3 is 5.97 Å². The van der Waals surface area contributed by atoms with E-state index < -0.39 is 12.0 Å². The molecule has 38 heavy (non-hydrogen) atoms. The maximum absolute atomic E-state index is 13.5. The van der Waals surface area contributed by atoms with E-state index in [-0.39, 0.29) is 42.4 Å². The van der Waals surface area contributed by atoms with Crippen molar-refractivity contribution in [3.63, 3.8) is 0 Å². The molecular formula is C28H40N4O6. The molecule has 1 fully saturated rings. The van der Waals surface area contributed by atoms with Gasteiger partial charge in [-0.25, -0.2) is 0 Å². The molecule has 2 amide bonds. The highest BCUT2D eigenvalue weighted by molar-refractivity contribution is 5.94. The average molecular weight is 529 g/mol. The Balaban J connectivity index is 1.91. The van der Waals surface area contributed by atoms with Crippen LogP contribution in [-0.4, -0.2) is 61.5 Å². The maximum Gasteiger partial charge on any atom is 0.325 e. The van der Waals surface area contributed by atoms with Crippen LogP contribution in [-0.2, 0) is 14.3 Å². The second-order valence-electron chi connectivity index (χ2n) is 10.3. The number of hydrogen-bond acceptors (Lipinski definition) is 7. The van der Waals surface area contributed by atoms with Crippen LogP contribution in [0.3, 0.4) is 0 Å². The number of carbonyl (C=O) groups is 3. The van der Waals surface area contributed by atoms with E-state index in [4.69, 9.17) is 14.6 Å². The molecule has 1 aromatic heterocycles. The highest BCUT2D eigenvalue weighted by Gasteiger charge is 2.30. The highest BCUT2D eigenvalue weighted by atomic mass is 16.5. The van der Waals surface area contributed by atoms with Gasteiger partial charge in [-0.05, 0) is 55.7 Å². The maximum atomic E-state index is 13.5. The summed E-state index contributed by atoms with van der Waals surface area (Å²) < 4.78 is 17.8. The number of nitrogens with one attached hydrogen (secondary N) is 2. The molecule has 208 valence electrons. The molecule has 0 bridgehead atoms. The molecule has 1 saturated carbocycles. The molecule has 0 spiro atoms. The van der Waals surface area contributed by atoms with Crippen LogP contribution in [0.2, 0.25) is 0 Å². The zero-order valence-electron chi connectivity index (χ0n) is 23.2.